The number of aliphatic hydroxyl groups excluding tert-OH is 1. The van der Waals surface area contributed by atoms with Gasteiger partial charge in [0.2, 0.25) is 0 Å². The number of rotatable bonds is 3. The summed E-state index contributed by atoms with van der Waals surface area (Å²) in [6.07, 6.45) is 6.67. The van der Waals surface area contributed by atoms with Crippen LogP contribution < -0.4 is 0 Å². The third-order valence-electron chi connectivity index (χ3n) is 3.93. The molecule has 78 valence electrons. The van der Waals surface area contributed by atoms with Gasteiger partial charge in [0.1, 0.15) is 0 Å². The van der Waals surface area contributed by atoms with Gasteiger partial charge in [-0.25, -0.2) is 0 Å². The highest BCUT2D eigenvalue weighted by Gasteiger charge is 2.30. The minimum absolute atomic E-state index is 0.128. The van der Waals surface area contributed by atoms with Crippen molar-refractivity contribution < 1.29 is 5.11 Å². The Balaban J connectivity index is 2.53. The Hall–Kier alpha value is -0.0400. The highest BCUT2D eigenvalue weighted by Crippen LogP contribution is 2.38. The average Bonchev–Trinajstić information content (AvgIpc) is 2.16. The zero-order valence-electron chi connectivity index (χ0n) is 9.29. The molecule has 4 unspecified atom stereocenters. The lowest BCUT2D eigenvalue weighted by atomic mass is 9.70. The molecule has 0 aromatic rings. The van der Waals surface area contributed by atoms with Gasteiger partial charge in [-0.1, -0.05) is 39.5 Å². The van der Waals surface area contributed by atoms with Crippen molar-refractivity contribution in [3.8, 4) is 0 Å². The van der Waals surface area contributed by atoms with Gasteiger partial charge in [0.15, 0.2) is 0 Å². The summed E-state index contributed by atoms with van der Waals surface area (Å²) in [5.41, 5.74) is 0. The maximum Gasteiger partial charge on any atom is 0.0540 e. The minimum atomic E-state index is -0.128. The van der Waals surface area contributed by atoms with E-state index in [9.17, 15) is 5.11 Å². The maximum absolute atomic E-state index is 9.59. The second-order valence-corrected chi connectivity index (χ2v) is 4.72. The second kappa shape index (κ2) is 4.99. The lowest BCUT2D eigenvalue weighted by molar-refractivity contribution is 0.0540. The van der Waals surface area contributed by atoms with Gasteiger partial charge in [-0.3, -0.25) is 0 Å². The van der Waals surface area contributed by atoms with Crippen molar-refractivity contribution in [3.05, 3.63) is 0 Å². The van der Waals surface area contributed by atoms with Crippen molar-refractivity contribution in [2.45, 2.75) is 59.0 Å². The number of hydrogen-bond donors (Lipinski definition) is 1. The Kier molecular flexibility index (Phi) is 4.24. The van der Waals surface area contributed by atoms with Crippen molar-refractivity contribution in [2.24, 2.45) is 17.8 Å². The third-order valence-corrected chi connectivity index (χ3v) is 3.93. The minimum Gasteiger partial charge on any atom is -0.393 e. The molecule has 13 heavy (non-hydrogen) atoms. The number of hydrogen-bond acceptors (Lipinski definition) is 1. The molecule has 1 fully saturated rings. The summed E-state index contributed by atoms with van der Waals surface area (Å²) in [4.78, 5) is 0. The molecule has 0 spiro atoms. The number of aliphatic hydroxyl groups is 1. The molecule has 1 N–H and O–H groups in total. The molecule has 1 nitrogen and oxygen atoms in total. The zero-order valence-corrected chi connectivity index (χ0v) is 9.29. The van der Waals surface area contributed by atoms with E-state index in [2.05, 4.69) is 13.8 Å². The first-order chi connectivity index (χ1) is 6.16. The molecule has 1 heteroatoms. The van der Waals surface area contributed by atoms with Crippen LogP contribution in [0.4, 0.5) is 0 Å². The molecular formula is C12H24O. The average molecular weight is 184 g/mol. The van der Waals surface area contributed by atoms with E-state index in [1.54, 1.807) is 0 Å². The van der Waals surface area contributed by atoms with E-state index in [0.29, 0.717) is 5.92 Å². The van der Waals surface area contributed by atoms with Crippen molar-refractivity contribution in [1.82, 2.24) is 0 Å². The molecule has 4 atom stereocenters. The van der Waals surface area contributed by atoms with Crippen LogP contribution in [0.3, 0.4) is 0 Å². The van der Waals surface area contributed by atoms with E-state index < -0.39 is 0 Å². The van der Waals surface area contributed by atoms with Crippen LogP contribution in [0.5, 0.6) is 0 Å². The molecule has 0 radical (unpaired) electrons. The van der Waals surface area contributed by atoms with E-state index in [-0.39, 0.29) is 6.10 Å². The Morgan fingerprint density at radius 1 is 1.23 bits per heavy atom. The van der Waals surface area contributed by atoms with Crippen LogP contribution >= 0.6 is 0 Å². The van der Waals surface area contributed by atoms with Crippen LogP contribution in [0.2, 0.25) is 0 Å². The molecule has 0 saturated heterocycles. The predicted molar refractivity (Wildman–Crippen MR) is 56.6 cm³/mol. The Morgan fingerprint density at radius 3 is 2.38 bits per heavy atom. The maximum atomic E-state index is 9.59. The monoisotopic (exact) mass is 184 g/mol. The van der Waals surface area contributed by atoms with Gasteiger partial charge < -0.3 is 5.11 Å². The predicted octanol–water partition coefficient (Wildman–Crippen LogP) is 3.22. The normalized spacial score (nSPS) is 34.2. The second-order valence-electron chi connectivity index (χ2n) is 4.72. The van der Waals surface area contributed by atoms with Crippen molar-refractivity contribution >= 4 is 0 Å². The first-order valence-electron chi connectivity index (χ1n) is 5.84. The van der Waals surface area contributed by atoms with E-state index in [4.69, 9.17) is 0 Å². The molecular weight excluding hydrogens is 160 g/mol. The third kappa shape index (κ3) is 2.70. The summed E-state index contributed by atoms with van der Waals surface area (Å²) >= 11 is 0. The van der Waals surface area contributed by atoms with Gasteiger partial charge in [0.25, 0.3) is 0 Å². The van der Waals surface area contributed by atoms with Gasteiger partial charge in [-0.2, -0.15) is 0 Å². The van der Waals surface area contributed by atoms with Gasteiger partial charge in [-0.15, -0.1) is 0 Å². The fourth-order valence-electron chi connectivity index (χ4n) is 2.79. The van der Waals surface area contributed by atoms with Crippen LogP contribution in [-0.2, 0) is 0 Å². The van der Waals surface area contributed by atoms with Crippen LogP contribution in [0.15, 0.2) is 0 Å². The Morgan fingerprint density at radius 2 is 1.85 bits per heavy atom. The van der Waals surface area contributed by atoms with Crippen LogP contribution in [-0.4, -0.2) is 11.2 Å². The van der Waals surface area contributed by atoms with E-state index in [1.807, 2.05) is 6.92 Å². The highest BCUT2D eigenvalue weighted by molar-refractivity contribution is 4.80. The largest absolute Gasteiger partial charge is 0.393 e. The summed E-state index contributed by atoms with van der Waals surface area (Å²) in [7, 11) is 0. The summed E-state index contributed by atoms with van der Waals surface area (Å²) in [6, 6.07) is 0. The molecule has 0 amide bonds. The first kappa shape index (κ1) is 11.0. The van der Waals surface area contributed by atoms with Gasteiger partial charge in [0.05, 0.1) is 6.10 Å². The molecule has 0 bridgehead atoms. The topological polar surface area (TPSA) is 20.2 Å². The summed E-state index contributed by atoms with van der Waals surface area (Å²) in [5.74, 6) is 2.14. The molecule has 0 heterocycles. The Labute approximate surface area is 82.5 Å². The quantitative estimate of drug-likeness (QED) is 0.714. The van der Waals surface area contributed by atoms with E-state index >= 15 is 0 Å². The summed E-state index contributed by atoms with van der Waals surface area (Å²) < 4.78 is 0. The molecule has 0 aliphatic heterocycles. The molecule has 1 saturated carbocycles. The molecule has 1 rings (SSSR count). The fraction of sp³-hybridized carbons (Fsp3) is 1.00. The fourth-order valence-corrected chi connectivity index (χ4v) is 2.79. The van der Waals surface area contributed by atoms with Gasteiger partial charge in [0, 0.05) is 0 Å². The standard InChI is InChI=1S/C12H24O/c1-4-11-7-5-6-8-12(11)9(2)10(3)13/h9-13H,4-8H2,1-3H3. The molecule has 0 aromatic carbocycles. The molecule has 1 aliphatic carbocycles. The molecule has 1 aliphatic rings. The zero-order chi connectivity index (χ0) is 9.84. The van der Waals surface area contributed by atoms with Crippen molar-refractivity contribution in [3.63, 3.8) is 0 Å². The van der Waals surface area contributed by atoms with E-state index in [0.717, 1.165) is 11.8 Å². The van der Waals surface area contributed by atoms with Crippen molar-refractivity contribution in [1.29, 1.82) is 0 Å². The van der Waals surface area contributed by atoms with Crippen molar-refractivity contribution in [2.75, 3.05) is 0 Å². The van der Waals surface area contributed by atoms with E-state index in [1.165, 1.54) is 32.1 Å². The Bertz CT molecular complexity index is 140. The van der Waals surface area contributed by atoms with Gasteiger partial charge in [-0.05, 0) is 31.1 Å². The van der Waals surface area contributed by atoms with Gasteiger partial charge >= 0.3 is 0 Å². The van der Waals surface area contributed by atoms with Crippen LogP contribution in [0.25, 0.3) is 0 Å². The molecule has 0 aromatic heterocycles. The smallest absolute Gasteiger partial charge is 0.0540 e. The first-order valence-corrected chi connectivity index (χ1v) is 5.84. The lowest BCUT2D eigenvalue weighted by Crippen LogP contribution is -2.31. The van der Waals surface area contributed by atoms with Crippen LogP contribution in [0.1, 0.15) is 52.9 Å². The summed E-state index contributed by atoms with van der Waals surface area (Å²) in [6.45, 7) is 6.44. The SMILES string of the molecule is CCC1CCCCC1C(C)C(C)O. The summed E-state index contributed by atoms with van der Waals surface area (Å²) in [5, 5.41) is 9.59. The highest BCUT2D eigenvalue weighted by atomic mass is 16.3. The lowest BCUT2D eigenvalue weighted by Gasteiger charge is -2.36. The van der Waals surface area contributed by atoms with Crippen LogP contribution in [0, 0.1) is 17.8 Å².